The molecule has 2 unspecified atom stereocenters. The summed E-state index contributed by atoms with van der Waals surface area (Å²) in [5.74, 6) is -0.519. The zero-order chi connectivity index (χ0) is 18.7. The molecule has 1 aliphatic rings. The molecule has 26 heavy (non-hydrogen) atoms. The Labute approximate surface area is 161 Å². The second-order valence-corrected chi connectivity index (χ2v) is 6.99. The molecule has 0 saturated carbocycles. The van der Waals surface area contributed by atoms with Gasteiger partial charge in [-0.25, -0.2) is 9.59 Å². The third kappa shape index (κ3) is 4.29. The van der Waals surface area contributed by atoms with E-state index in [-0.39, 0.29) is 17.7 Å². The number of hydrogen-bond donors (Lipinski definition) is 1. The summed E-state index contributed by atoms with van der Waals surface area (Å²) in [7, 11) is 0. The van der Waals surface area contributed by atoms with Gasteiger partial charge in [0.25, 0.3) is 0 Å². The quantitative estimate of drug-likeness (QED) is 0.742. The summed E-state index contributed by atoms with van der Waals surface area (Å²) in [4.78, 5) is 25.3. The van der Waals surface area contributed by atoms with Gasteiger partial charge in [-0.3, -0.25) is 0 Å². The Bertz CT molecular complexity index is 792. The normalized spacial score (nSPS) is 19.8. The van der Waals surface area contributed by atoms with Crippen LogP contribution in [0.2, 0.25) is 10.0 Å². The van der Waals surface area contributed by atoms with E-state index in [9.17, 15) is 14.7 Å². The molecule has 1 fully saturated rings. The summed E-state index contributed by atoms with van der Waals surface area (Å²) < 4.78 is 5.59. The van der Waals surface area contributed by atoms with Crippen molar-refractivity contribution in [2.75, 3.05) is 6.54 Å². The van der Waals surface area contributed by atoms with Gasteiger partial charge in [-0.2, -0.15) is 0 Å². The molecule has 7 heteroatoms. The van der Waals surface area contributed by atoms with Gasteiger partial charge < -0.3 is 14.7 Å². The first-order valence-corrected chi connectivity index (χ1v) is 8.91. The van der Waals surface area contributed by atoms with E-state index in [2.05, 4.69) is 0 Å². The van der Waals surface area contributed by atoms with Crippen LogP contribution in [0.4, 0.5) is 4.79 Å². The van der Waals surface area contributed by atoms with Crippen molar-refractivity contribution in [3.8, 4) is 0 Å². The number of esters is 1. The molecule has 0 radical (unpaired) electrons. The summed E-state index contributed by atoms with van der Waals surface area (Å²) >= 11 is 11.9. The molecular weight excluding hydrogens is 377 g/mol. The summed E-state index contributed by atoms with van der Waals surface area (Å²) in [6.45, 7) is 0.295. The number of carbonyl (C=O) groups is 2. The number of hydrogen-bond acceptors (Lipinski definition) is 3. The predicted octanol–water partition coefficient (Wildman–Crippen LogP) is 5.03. The minimum absolute atomic E-state index is 0.277. The number of benzene rings is 2. The van der Waals surface area contributed by atoms with Crippen molar-refractivity contribution in [2.24, 2.45) is 0 Å². The van der Waals surface area contributed by atoms with Gasteiger partial charge in [-0.05, 0) is 23.8 Å². The van der Waals surface area contributed by atoms with E-state index < -0.39 is 12.1 Å². The van der Waals surface area contributed by atoms with Crippen LogP contribution >= 0.6 is 23.2 Å². The average Bonchev–Trinajstić information content (AvgIpc) is 2.61. The van der Waals surface area contributed by atoms with Crippen molar-refractivity contribution in [2.45, 2.75) is 25.0 Å². The zero-order valence-electron chi connectivity index (χ0n) is 13.8. The Balaban J connectivity index is 1.75. The minimum atomic E-state index is -0.981. The van der Waals surface area contributed by atoms with Crippen molar-refractivity contribution >= 4 is 35.3 Å². The average molecular weight is 394 g/mol. The Morgan fingerprint density at radius 1 is 1.08 bits per heavy atom. The molecule has 0 bridgehead atoms. The second kappa shape index (κ2) is 7.98. The lowest BCUT2D eigenvalue weighted by atomic mass is 9.93. The molecule has 2 aromatic rings. The Kier molecular flexibility index (Phi) is 5.69. The molecule has 1 aliphatic heterocycles. The molecule has 5 nitrogen and oxygen atoms in total. The summed E-state index contributed by atoms with van der Waals surface area (Å²) in [5.41, 5.74) is 1.15. The van der Waals surface area contributed by atoms with E-state index in [4.69, 9.17) is 27.9 Å². The first-order chi connectivity index (χ1) is 12.4. The fraction of sp³-hybridized carbons (Fsp3) is 0.263. The monoisotopic (exact) mass is 393 g/mol. The van der Waals surface area contributed by atoms with Crippen LogP contribution in [0.25, 0.3) is 0 Å². The first kappa shape index (κ1) is 18.5. The summed E-state index contributed by atoms with van der Waals surface area (Å²) in [6, 6.07) is 13.5. The van der Waals surface area contributed by atoms with Gasteiger partial charge in [0.05, 0.1) is 11.6 Å². The summed E-state index contributed by atoms with van der Waals surface area (Å²) in [5, 5.41) is 10.2. The number of carboxylic acid groups (broad SMARTS) is 1. The molecule has 1 heterocycles. The molecule has 2 atom stereocenters. The number of piperidine rings is 1. The third-order valence-corrected chi connectivity index (χ3v) is 4.79. The first-order valence-electron chi connectivity index (χ1n) is 8.15. The molecule has 1 saturated heterocycles. The number of nitrogens with zero attached hydrogens (tertiary/aromatic N) is 1. The van der Waals surface area contributed by atoms with Gasteiger partial charge in [0, 0.05) is 29.4 Å². The van der Waals surface area contributed by atoms with Gasteiger partial charge in [0.1, 0.15) is 6.10 Å². The van der Waals surface area contributed by atoms with E-state index in [1.54, 1.807) is 0 Å². The molecule has 3 rings (SSSR count). The van der Waals surface area contributed by atoms with Crippen molar-refractivity contribution in [3.05, 3.63) is 69.7 Å². The molecule has 1 amide bonds. The minimum Gasteiger partial charge on any atom is -0.465 e. The van der Waals surface area contributed by atoms with Crippen LogP contribution in [0, 0.1) is 0 Å². The number of carbonyl (C=O) groups excluding carboxylic acids is 1. The van der Waals surface area contributed by atoms with E-state index in [0.29, 0.717) is 29.4 Å². The van der Waals surface area contributed by atoms with Gasteiger partial charge in [0.2, 0.25) is 0 Å². The van der Waals surface area contributed by atoms with Crippen molar-refractivity contribution in [1.29, 1.82) is 0 Å². The Morgan fingerprint density at radius 2 is 1.73 bits per heavy atom. The topological polar surface area (TPSA) is 66.8 Å². The molecule has 136 valence electrons. The second-order valence-electron chi connectivity index (χ2n) is 6.11. The SMILES string of the molecule is O=C(OC1CCN(C(=O)O)C(c2ccccc2)C1)c1cc(Cl)cc(Cl)c1. The van der Waals surface area contributed by atoms with Crippen LogP contribution in [0.5, 0.6) is 0 Å². The number of amides is 1. The largest absolute Gasteiger partial charge is 0.465 e. The number of likely N-dealkylation sites (tertiary alicyclic amines) is 1. The third-order valence-electron chi connectivity index (χ3n) is 4.36. The van der Waals surface area contributed by atoms with Crippen LogP contribution in [0.3, 0.4) is 0 Å². The fourth-order valence-corrected chi connectivity index (χ4v) is 3.68. The highest BCUT2D eigenvalue weighted by atomic mass is 35.5. The molecule has 0 aromatic heterocycles. The lowest BCUT2D eigenvalue weighted by Crippen LogP contribution is -2.43. The molecule has 0 spiro atoms. The van der Waals surface area contributed by atoms with Crippen LogP contribution < -0.4 is 0 Å². The Morgan fingerprint density at radius 3 is 2.35 bits per heavy atom. The van der Waals surface area contributed by atoms with E-state index in [1.165, 1.54) is 23.1 Å². The van der Waals surface area contributed by atoms with Gasteiger partial charge in [-0.15, -0.1) is 0 Å². The highest BCUT2D eigenvalue weighted by Crippen LogP contribution is 2.33. The fourth-order valence-electron chi connectivity index (χ4n) is 3.15. The van der Waals surface area contributed by atoms with E-state index in [0.717, 1.165) is 5.56 Å². The van der Waals surface area contributed by atoms with E-state index in [1.807, 2.05) is 30.3 Å². The Hall–Kier alpha value is -2.24. The zero-order valence-corrected chi connectivity index (χ0v) is 15.3. The molecular formula is C19H17Cl2NO4. The molecule has 2 aromatic carbocycles. The van der Waals surface area contributed by atoms with Crippen molar-refractivity contribution in [3.63, 3.8) is 0 Å². The van der Waals surface area contributed by atoms with Crippen LogP contribution in [0.15, 0.2) is 48.5 Å². The predicted molar refractivity (Wildman–Crippen MR) is 98.8 cm³/mol. The maximum Gasteiger partial charge on any atom is 0.407 e. The van der Waals surface area contributed by atoms with Crippen LogP contribution in [-0.2, 0) is 4.74 Å². The molecule has 1 N–H and O–H groups in total. The highest BCUT2D eigenvalue weighted by Gasteiger charge is 2.34. The standard InChI is InChI=1S/C19H17Cl2NO4/c20-14-8-13(9-15(21)10-14)18(23)26-16-6-7-22(19(24)25)17(11-16)12-4-2-1-3-5-12/h1-5,8-10,16-17H,6-7,11H2,(H,24,25). The maximum atomic E-state index is 12.4. The maximum absolute atomic E-state index is 12.4. The van der Waals surface area contributed by atoms with Gasteiger partial charge in [0.15, 0.2) is 0 Å². The van der Waals surface area contributed by atoms with Gasteiger partial charge >= 0.3 is 12.1 Å². The number of rotatable bonds is 3. The van der Waals surface area contributed by atoms with E-state index >= 15 is 0 Å². The smallest absolute Gasteiger partial charge is 0.407 e. The van der Waals surface area contributed by atoms with Gasteiger partial charge in [-0.1, -0.05) is 53.5 Å². The van der Waals surface area contributed by atoms with Crippen molar-refractivity contribution < 1.29 is 19.4 Å². The van der Waals surface area contributed by atoms with Crippen LogP contribution in [0.1, 0.15) is 34.8 Å². The number of halogens is 2. The highest BCUT2D eigenvalue weighted by molar-refractivity contribution is 6.35. The summed E-state index contributed by atoms with van der Waals surface area (Å²) in [6.07, 6.45) is -0.530. The number of ether oxygens (including phenoxy) is 1. The van der Waals surface area contributed by atoms with Crippen LogP contribution in [-0.4, -0.2) is 34.7 Å². The lowest BCUT2D eigenvalue weighted by Gasteiger charge is -2.37. The lowest BCUT2D eigenvalue weighted by molar-refractivity contribution is -0.000128. The molecule has 0 aliphatic carbocycles. The van der Waals surface area contributed by atoms with Crippen molar-refractivity contribution in [1.82, 2.24) is 4.90 Å².